The molecule has 0 spiro atoms. The largest absolute Gasteiger partial charge is 0.483 e. The van der Waals surface area contributed by atoms with Crippen molar-refractivity contribution in [2.45, 2.75) is 45.1 Å². The molecular weight excluding hydrogens is 436 g/mol. The summed E-state index contributed by atoms with van der Waals surface area (Å²) in [5.74, 6) is 0.0656. The highest BCUT2D eigenvalue weighted by Gasteiger charge is 2.32. The minimum atomic E-state index is -3.09. The number of hydrogen-bond donors (Lipinski definition) is 2. The third kappa shape index (κ3) is 5.10. The van der Waals surface area contributed by atoms with Crippen molar-refractivity contribution in [1.29, 1.82) is 0 Å². The first-order valence-electron chi connectivity index (χ1n) is 10.5. The van der Waals surface area contributed by atoms with Crippen LogP contribution in [0.3, 0.4) is 0 Å². The lowest BCUT2D eigenvalue weighted by Gasteiger charge is -2.15. The van der Waals surface area contributed by atoms with E-state index < -0.39 is 9.84 Å². The van der Waals surface area contributed by atoms with Crippen molar-refractivity contribution in [1.82, 2.24) is 5.32 Å². The highest BCUT2D eigenvalue weighted by atomic mass is 32.2. The van der Waals surface area contributed by atoms with Crippen LogP contribution in [0, 0.1) is 6.92 Å². The van der Waals surface area contributed by atoms with Crippen LogP contribution in [0.15, 0.2) is 24.3 Å². The van der Waals surface area contributed by atoms with Gasteiger partial charge >= 0.3 is 0 Å². The van der Waals surface area contributed by atoms with Crippen LogP contribution in [-0.2, 0) is 27.5 Å². The van der Waals surface area contributed by atoms with E-state index in [0.717, 1.165) is 41.7 Å². The van der Waals surface area contributed by atoms with Crippen LogP contribution < -0.4 is 15.4 Å². The lowest BCUT2D eigenvalue weighted by Crippen LogP contribution is -2.36. The van der Waals surface area contributed by atoms with Gasteiger partial charge in [0.05, 0.1) is 17.1 Å². The lowest BCUT2D eigenvalue weighted by atomic mass is 9.95. The van der Waals surface area contributed by atoms with Gasteiger partial charge in [-0.3, -0.25) is 9.59 Å². The van der Waals surface area contributed by atoms with Crippen LogP contribution in [0.1, 0.15) is 45.6 Å². The van der Waals surface area contributed by atoms with E-state index in [9.17, 15) is 18.0 Å². The van der Waals surface area contributed by atoms with Crippen molar-refractivity contribution in [3.8, 4) is 5.75 Å². The monoisotopic (exact) mass is 462 g/mol. The Kier molecular flexibility index (Phi) is 6.34. The molecule has 1 saturated heterocycles. The number of para-hydroxylation sites is 1. The zero-order valence-electron chi connectivity index (χ0n) is 17.4. The minimum absolute atomic E-state index is 0.0307. The van der Waals surface area contributed by atoms with E-state index in [2.05, 4.69) is 10.6 Å². The first kappa shape index (κ1) is 21.8. The first-order valence-corrected chi connectivity index (χ1v) is 13.1. The molecule has 0 bridgehead atoms. The number of hydrogen-bond acceptors (Lipinski definition) is 6. The second kappa shape index (κ2) is 9.00. The van der Waals surface area contributed by atoms with Crippen LogP contribution in [0.2, 0.25) is 0 Å². The quantitative estimate of drug-likeness (QED) is 0.687. The summed E-state index contributed by atoms with van der Waals surface area (Å²) in [7, 11) is -3.09. The van der Waals surface area contributed by atoms with Gasteiger partial charge in [-0.15, -0.1) is 11.3 Å². The van der Waals surface area contributed by atoms with Crippen LogP contribution in [0.4, 0.5) is 5.00 Å². The summed E-state index contributed by atoms with van der Waals surface area (Å²) in [6, 6.07) is 7.08. The first-order chi connectivity index (χ1) is 14.8. The molecular formula is C22H26N2O5S2. The molecule has 1 aliphatic heterocycles. The van der Waals surface area contributed by atoms with Gasteiger partial charge in [0.25, 0.3) is 11.8 Å². The zero-order chi connectivity index (χ0) is 22.0. The van der Waals surface area contributed by atoms with Gasteiger partial charge in [-0.1, -0.05) is 18.2 Å². The Morgan fingerprint density at radius 1 is 1.19 bits per heavy atom. The molecule has 1 atom stereocenters. The van der Waals surface area contributed by atoms with E-state index in [-0.39, 0.29) is 36.0 Å². The molecule has 31 heavy (non-hydrogen) atoms. The van der Waals surface area contributed by atoms with Crippen molar-refractivity contribution in [3.05, 3.63) is 45.8 Å². The smallest absolute Gasteiger partial charge is 0.262 e. The Hall–Kier alpha value is -2.39. The zero-order valence-corrected chi connectivity index (χ0v) is 19.0. The summed E-state index contributed by atoms with van der Waals surface area (Å²) in [6.07, 6.45) is 4.14. The van der Waals surface area contributed by atoms with Gasteiger partial charge in [0.15, 0.2) is 16.4 Å². The van der Waals surface area contributed by atoms with Gasteiger partial charge in [0.1, 0.15) is 10.8 Å². The number of sulfone groups is 1. The molecule has 0 unspecified atom stereocenters. The Labute approximate surface area is 186 Å². The number of thiophene rings is 1. The third-order valence-corrected chi connectivity index (χ3v) is 8.65. The summed E-state index contributed by atoms with van der Waals surface area (Å²) in [4.78, 5) is 26.8. The maximum Gasteiger partial charge on any atom is 0.262 e. The standard InChI is InChI=1S/C22H26N2O5S2/c1-14-6-2-4-8-17(14)29-12-19(25)24-22-20(16-7-3-5-9-18(16)30-22)21(26)23-15-10-11-31(27,28)13-15/h2,4,6,8,15H,3,5,7,9-13H2,1H3,(H,23,26)(H,24,25)/t15-/m1/s1. The molecule has 2 aromatic rings. The molecule has 1 aliphatic carbocycles. The lowest BCUT2D eigenvalue weighted by molar-refractivity contribution is -0.118. The maximum absolute atomic E-state index is 13.1. The summed E-state index contributed by atoms with van der Waals surface area (Å²) >= 11 is 1.43. The molecule has 0 radical (unpaired) electrons. The summed E-state index contributed by atoms with van der Waals surface area (Å²) in [5, 5.41) is 6.24. The van der Waals surface area contributed by atoms with E-state index in [1.165, 1.54) is 11.3 Å². The molecule has 2 amide bonds. The van der Waals surface area contributed by atoms with Crippen LogP contribution in [0.25, 0.3) is 0 Å². The predicted octanol–water partition coefficient (Wildman–Crippen LogP) is 2.87. The van der Waals surface area contributed by atoms with Gasteiger partial charge in [-0.25, -0.2) is 8.42 Å². The fourth-order valence-electron chi connectivity index (χ4n) is 4.08. The van der Waals surface area contributed by atoms with E-state index >= 15 is 0 Å². The maximum atomic E-state index is 13.1. The van der Waals surface area contributed by atoms with Crippen LogP contribution in [0.5, 0.6) is 5.75 Å². The molecule has 2 aliphatic rings. The molecule has 2 N–H and O–H groups in total. The number of benzene rings is 1. The van der Waals surface area contributed by atoms with Gasteiger partial charge in [0.2, 0.25) is 0 Å². The molecule has 9 heteroatoms. The molecule has 4 rings (SSSR count). The van der Waals surface area contributed by atoms with E-state index in [4.69, 9.17) is 4.74 Å². The predicted molar refractivity (Wildman–Crippen MR) is 121 cm³/mol. The van der Waals surface area contributed by atoms with E-state index in [1.54, 1.807) is 6.07 Å². The number of amides is 2. The molecule has 166 valence electrons. The number of rotatable bonds is 6. The minimum Gasteiger partial charge on any atom is -0.483 e. The number of carbonyl (C=O) groups is 2. The Balaban J connectivity index is 1.49. The summed E-state index contributed by atoms with van der Waals surface area (Å²) in [5.41, 5.74) is 2.39. The van der Waals surface area contributed by atoms with Crippen molar-refractivity contribution in [2.24, 2.45) is 0 Å². The van der Waals surface area contributed by atoms with Crippen LogP contribution >= 0.6 is 11.3 Å². The number of aryl methyl sites for hydroxylation is 2. The second-order valence-corrected chi connectivity index (χ2v) is 11.4. The van der Waals surface area contributed by atoms with Crippen molar-refractivity contribution < 1.29 is 22.7 Å². The summed E-state index contributed by atoms with van der Waals surface area (Å²) in [6.45, 7) is 1.75. The van der Waals surface area contributed by atoms with Gasteiger partial charge < -0.3 is 15.4 Å². The molecule has 1 fully saturated rings. The molecule has 2 heterocycles. The molecule has 1 aromatic carbocycles. The van der Waals surface area contributed by atoms with Gasteiger partial charge in [-0.05, 0) is 56.2 Å². The normalized spacial score (nSPS) is 19.5. The number of fused-ring (bicyclic) bond motifs is 1. The van der Waals surface area contributed by atoms with Crippen molar-refractivity contribution in [2.75, 3.05) is 23.4 Å². The fraction of sp³-hybridized carbons (Fsp3) is 0.455. The fourth-order valence-corrected chi connectivity index (χ4v) is 7.06. The number of carbonyl (C=O) groups excluding carboxylic acids is 2. The van der Waals surface area contributed by atoms with Gasteiger partial charge in [-0.2, -0.15) is 0 Å². The SMILES string of the molecule is Cc1ccccc1OCC(=O)Nc1sc2c(c1C(=O)N[C@@H]1CCS(=O)(=O)C1)CCCC2. The van der Waals surface area contributed by atoms with E-state index in [0.29, 0.717) is 22.7 Å². The topological polar surface area (TPSA) is 102 Å². The Morgan fingerprint density at radius 3 is 2.71 bits per heavy atom. The van der Waals surface area contributed by atoms with Crippen LogP contribution in [-0.4, -0.2) is 44.4 Å². The highest BCUT2D eigenvalue weighted by Crippen LogP contribution is 2.38. The Morgan fingerprint density at radius 2 is 1.97 bits per heavy atom. The highest BCUT2D eigenvalue weighted by molar-refractivity contribution is 7.91. The summed E-state index contributed by atoms with van der Waals surface area (Å²) < 4.78 is 29.1. The Bertz CT molecular complexity index is 1110. The van der Waals surface area contributed by atoms with Gasteiger partial charge in [0, 0.05) is 10.9 Å². The molecule has 7 nitrogen and oxygen atoms in total. The third-order valence-electron chi connectivity index (χ3n) is 5.67. The average molecular weight is 463 g/mol. The number of nitrogens with one attached hydrogen (secondary N) is 2. The molecule has 0 saturated carbocycles. The van der Waals surface area contributed by atoms with Crippen molar-refractivity contribution in [3.63, 3.8) is 0 Å². The van der Waals surface area contributed by atoms with E-state index in [1.807, 2.05) is 25.1 Å². The number of ether oxygens (including phenoxy) is 1. The molecule has 1 aromatic heterocycles. The average Bonchev–Trinajstić information content (AvgIpc) is 3.26. The number of anilines is 1. The second-order valence-electron chi connectivity index (χ2n) is 8.09. The van der Waals surface area contributed by atoms with Crippen molar-refractivity contribution >= 4 is 38.0 Å².